The maximum absolute atomic E-state index is 11.1. The molecule has 0 saturated carbocycles. The summed E-state index contributed by atoms with van der Waals surface area (Å²) in [7, 11) is 0. The van der Waals surface area contributed by atoms with E-state index >= 15 is 0 Å². The number of carbonyl (C=O) groups excluding carboxylic acids is 1. The summed E-state index contributed by atoms with van der Waals surface area (Å²) < 4.78 is 5.39. The molecule has 0 bridgehead atoms. The molecule has 0 aliphatic carbocycles. The highest BCUT2D eigenvalue weighted by Crippen LogP contribution is 1.92. The zero-order chi connectivity index (χ0) is 11.5. The van der Waals surface area contributed by atoms with Crippen LogP contribution in [0.15, 0.2) is 0 Å². The fourth-order valence-electron chi connectivity index (χ4n) is 1.02. The van der Waals surface area contributed by atoms with E-state index in [0.29, 0.717) is 19.0 Å². The van der Waals surface area contributed by atoms with Crippen molar-refractivity contribution in [1.29, 1.82) is 0 Å². The first-order valence-corrected chi connectivity index (χ1v) is 5.72. The minimum atomic E-state index is 0.0562. The molecule has 2 N–H and O–H groups in total. The summed E-state index contributed by atoms with van der Waals surface area (Å²) >= 11 is 0. The summed E-state index contributed by atoms with van der Waals surface area (Å²) in [5.74, 6) is 0.633. The lowest BCUT2D eigenvalue weighted by molar-refractivity contribution is -0.120. The Morgan fingerprint density at radius 1 is 1.40 bits per heavy atom. The first kappa shape index (κ1) is 14.4. The van der Waals surface area contributed by atoms with E-state index in [-0.39, 0.29) is 5.91 Å². The van der Waals surface area contributed by atoms with Crippen LogP contribution in [0.4, 0.5) is 0 Å². The maximum atomic E-state index is 11.1. The van der Waals surface area contributed by atoms with E-state index in [0.717, 1.165) is 26.2 Å². The molecule has 15 heavy (non-hydrogen) atoms. The second kappa shape index (κ2) is 9.93. The van der Waals surface area contributed by atoms with Gasteiger partial charge in [0.1, 0.15) is 0 Å². The molecule has 0 atom stereocenters. The van der Waals surface area contributed by atoms with E-state index < -0.39 is 0 Å². The highest BCUT2D eigenvalue weighted by molar-refractivity contribution is 5.77. The number of likely N-dealkylation sites (N-methyl/N-ethyl adjacent to an activating group) is 1. The molecule has 0 aromatic carbocycles. The van der Waals surface area contributed by atoms with Crippen LogP contribution in [0.3, 0.4) is 0 Å². The highest BCUT2D eigenvalue weighted by atomic mass is 16.5. The van der Waals surface area contributed by atoms with Gasteiger partial charge < -0.3 is 15.4 Å². The molecule has 0 radical (unpaired) electrons. The topological polar surface area (TPSA) is 50.4 Å². The number of rotatable bonds is 9. The number of carbonyl (C=O) groups is 1. The molecule has 90 valence electrons. The van der Waals surface area contributed by atoms with Crippen molar-refractivity contribution in [3.8, 4) is 0 Å². The molecule has 1 amide bonds. The Morgan fingerprint density at radius 2 is 2.13 bits per heavy atom. The number of hydrogen-bond donors (Lipinski definition) is 2. The van der Waals surface area contributed by atoms with Crippen LogP contribution < -0.4 is 10.6 Å². The largest absolute Gasteiger partial charge is 0.381 e. The Hall–Kier alpha value is -0.610. The van der Waals surface area contributed by atoms with Crippen molar-refractivity contribution in [3.63, 3.8) is 0 Å². The van der Waals surface area contributed by atoms with Crippen LogP contribution in [0.1, 0.15) is 27.2 Å². The van der Waals surface area contributed by atoms with Gasteiger partial charge in [-0.15, -0.1) is 0 Å². The normalized spacial score (nSPS) is 10.7. The third-order valence-electron chi connectivity index (χ3n) is 1.77. The van der Waals surface area contributed by atoms with E-state index in [1.54, 1.807) is 0 Å². The van der Waals surface area contributed by atoms with Crippen LogP contribution in [-0.4, -0.2) is 38.8 Å². The second-order valence-electron chi connectivity index (χ2n) is 3.95. The lowest BCUT2D eigenvalue weighted by Crippen LogP contribution is -2.34. The van der Waals surface area contributed by atoms with Gasteiger partial charge in [-0.1, -0.05) is 20.8 Å². The van der Waals surface area contributed by atoms with Crippen molar-refractivity contribution in [3.05, 3.63) is 0 Å². The van der Waals surface area contributed by atoms with E-state index in [1.807, 2.05) is 6.92 Å². The van der Waals surface area contributed by atoms with Crippen molar-refractivity contribution in [1.82, 2.24) is 10.6 Å². The van der Waals surface area contributed by atoms with Gasteiger partial charge in [-0.05, 0) is 18.9 Å². The SMILES string of the molecule is CCNCC(=O)NCCCOCC(C)C. The Balaban J connectivity index is 3.13. The summed E-state index contributed by atoms with van der Waals surface area (Å²) in [6.45, 7) is 9.67. The Morgan fingerprint density at radius 3 is 2.73 bits per heavy atom. The van der Waals surface area contributed by atoms with Gasteiger partial charge in [0, 0.05) is 19.8 Å². The fraction of sp³-hybridized carbons (Fsp3) is 0.909. The molecule has 4 nitrogen and oxygen atoms in total. The predicted octanol–water partition coefficient (Wildman–Crippen LogP) is 0.775. The molecule has 0 heterocycles. The van der Waals surface area contributed by atoms with E-state index in [1.165, 1.54) is 0 Å². The number of hydrogen-bond acceptors (Lipinski definition) is 3. The number of nitrogens with one attached hydrogen (secondary N) is 2. The van der Waals surface area contributed by atoms with Gasteiger partial charge in [-0.3, -0.25) is 4.79 Å². The summed E-state index contributed by atoms with van der Waals surface area (Å²) in [4.78, 5) is 11.1. The third-order valence-corrected chi connectivity index (χ3v) is 1.77. The molecular formula is C11H24N2O2. The van der Waals surface area contributed by atoms with Crippen LogP contribution in [0.5, 0.6) is 0 Å². The molecule has 0 unspecified atom stereocenters. The minimum Gasteiger partial charge on any atom is -0.381 e. The van der Waals surface area contributed by atoms with Gasteiger partial charge in [0.15, 0.2) is 0 Å². The fourth-order valence-corrected chi connectivity index (χ4v) is 1.02. The number of amides is 1. The summed E-state index contributed by atoms with van der Waals surface area (Å²) in [6.07, 6.45) is 0.880. The molecule has 0 spiro atoms. The Bertz CT molecular complexity index is 161. The standard InChI is InChI=1S/C11H24N2O2/c1-4-12-8-11(14)13-6-5-7-15-9-10(2)3/h10,12H,4-9H2,1-3H3,(H,13,14). The van der Waals surface area contributed by atoms with Gasteiger partial charge in [0.25, 0.3) is 0 Å². The van der Waals surface area contributed by atoms with Gasteiger partial charge in [0.2, 0.25) is 5.91 Å². The van der Waals surface area contributed by atoms with Crippen LogP contribution in [-0.2, 0) is 9.53 Å². The Kier molecular flexibility index (Phi) is 9.52. The van der Waals surface area contributed by atoms with Crippen molar-refractivity contribution < 1.29 is 9.53 Å². The van der Waals surface area contributed by atoms with E-state index in [9.17, 15) is 4.79 Å². The van der Waals surface area contributed by atoms with Gasteiger partial charge in [-0.25, -0.2) is 0 Å². The molecule has 0 fully saturated rings. The molecule has 0 rings (SSSR count). The highest BCUT2D eigenvalue weighted by Gasteiger charge is 1.98. The molecule has 4 heteroatoms. The lowest BCUT2D eigenvalue weighted by Gasteiger charge is -2.07. The quantitative estimate of drug-likeness (QED) is 0.560. The van der Waals surface area contributed by atoms with Crippen LogP contribution >= 0.6 is 0 Å². The van der Waals surface area contributed by atoms with Gasteiger partial charge in [0.05, 0.1) is 6.54 Å². The molecule has 0 aliphatic rings. The molecule has 0 aliphatic heterocycles. The lowest BCUT2D eigenvalue weighted by atomic mass is 10.2. The molecule has 0 aromatic rings. The minimum absolute atomic E-state index is 0.0562. The van der Waals surface area contributed by atoms with Crippen LogP contribution in [0.2, 0.25) is 0 Å². The first-order valence-electron chi connectivity index (χ1n) is 5.72. The van der Waals surface area contributed by atoms with Crippen molar-refractivity contribution >= 4 is 5.91 Å². The maximum Gasteiger partial charge on any atom is 0.233 e. The molecular weight excluding hydrogens is 192 g/mol. The van der Waals surface area contributed by atoms with Crippen molar-refractivity contribution in [2.24, 2.45) is 5.92 Å². The van der Waals surface area contributed by atoms with Crippen molar-refractivity contribution in [2.45, 2.75) is 27.2 Å². The van der Waals surface area contributed by atoms with Gasteiger partial charge >= 0.3 is 0 Å². The molecule has 0 saturated heterocycles. The average molecular weight is 216 g/mol. The second-order valence-corrected chi connectivity index (χ2v) is 3.95. The predicted molar refractivity (Wildman–Crippen MR) is 61.8 cm³/mol. The van der Waals surface area contributed by atoms with Crippen LogP contribution in [0.25, 0.3) is 0 Å². The molecule has 0 aromatic heterocycles. The van der Waals surface area contributed by atoms with E-state index in [2.05, 4.69) is 24.5 Å². The number of ether oxygens (including phenoxy) is 1. The first-order chi connectivity index (χ1) is 7.16. The third kappa shape index (κ3) is 11.3. The smallest absolute Gasteiger partial charge is 0.233 e. The van der Waals surface area contributed by atoms with Gasteiger partial charge in [-0.2, -0.15) is 0 Å². The monoisotopic (exact) mass is 216 g/mol. The summed E-state index contributed by atoms with van der Waals surface area (Å²) in [5.41, 5.74) is 0. The summed E-state index contributed by atoms with van der Waals surface area (Å²) in [5, 5.41) is 5.80. The zero-order valence-corrected chi connectivity index (χ0v) is 10.1. The van der Waals surface area contributed by atoms with Crippen LogP contribution in [0, 0.1) is 5.92 Å². The summed E-state index contributed by atoms with van der Waals surface area (Å²) in [6, 6.07) is 0. The average Bonchev–Trinajstić information content (AvgIpc) is 2.19. The van der Waals surface area contributed by atoms with Crippen molar-refractivity contribution in [2.75, 3.05) is 32.8 Å². The van der Waals surface area contributed by atoms with E-state index in [4.69, 9.17) is 4.74 Å². The zero-order valence-electron chi connectivity index (χ0n) is 10.1. The Labute approximate surface area is 92.8 Å².